The highest BCUT2D eigenvalue weighted by molar-refractivity contribution is 9.10. The molecule has 0 bridgehead atoms. The van der Waals surface area contributed by atoms with Gasteiger partial charge in [-0.3, -0.25) is 0 Å². The van der Waals surface area contributed by atoms with E-state index in [1.165, 1.54) is 0 Å². The summed E-state index contributed by atoms with van der Waals surface area (Å²) in [5.41, 5.74) is 1.04. The third kappa shape index (κ3) is 3.39. The smallest absolute Gasteiger partial charge is 0.128 e. The first kappa shape index (κ1) is 13.8. The molecule has 1 aromatic heterocycles. The average Bonchev–Trinajstić information content (AvgIpc) is 2.28. The zero-order chi connectivity index (χ0) is 12.1. The summed E-state index contributed by atoms with van der Waals surface area (Å²) >= 11 is 5.36. The van der Waals surface area contributed by atoms with E-state index in [-0.39, 0.29) is 0 Å². The molecular formula is C12H19BrN2S. The van der Waals surface area contributed by atoms with Gasteiger partial charge >= 0.3 is 0 Å². The van der Waals surface area contributed by atoms with Gasteiger partial charge in [0.1, 0.15) is 5.82 Å². The lowest BCUT2D eigenvalue weighted by Gasteiger charge is -2.28. The highest BCUT2D eigenvalue weighted by atomic mass is 79.9. The number of thioether (sulfide) groups is 1. The van der Waals surface area contributed by atoms with Crippen LogP contribution in [0.4, 0.5) is 5.82 Å². The Morgan fingerprint density at radius 3 is 2.69 bits per heavy atom. The van der Waals surface area contributed by atoms with Crippen molar-refractivity contribution >= 4 is 33.5 Å². The molecule has 2 nitrogen and oxygen atoms in total. The second-order valence-electron chi connectivity index (χ2n) is 3.87. The van der Waals surface area contributed by atoms with E-state index in [1.807, 2.05) is 18.7 Å². The molecule has 0 radical (unpaired) electrons. The summed E-state index contributed by atoms with van der Waals surface area (Å²) in [6, 6.07) is 4.70. The maximum atomic E-state index is 4.59. The molecule has 0 aliphatic carbocycles. The number of anilines is 1. The molecule has 0 saturated carbocycles. The SMILES string of the molecule is CCC(CSC)N(C)c1ccc(Br)c(C)n1. The van der Waals surface area contributed by atoms with Crippen LogP contribution in [-0.2, 0) is 0 Å². The van der Waals surface area contributed by atoms with Gasteiger partial charge in [-0.05, 0) is 47.7 Å². The van der Waals surface area contributed by atoms with E-state index in [1.54, 1.807) is 0 Å². The predicted molar refractivity (Wildman–Crippen MR) is 77.5 cm³/mol. The van der Waals surface area contributed by atoms with Gasteiger partial charge in [0.05, 0.1) is 5.69 Å². The van der Waals surface area contributed by atoms with Crippen LogP contribution < -0.4 is 4.90 Å². The molecule has 1 aromatic rings. The molecule has 0 spiro atoms. The molecule has 1 rings (SSSR count). The van der Waals surface area contributed by atoms with Crippen LogP contribution in [0.5, 0.6) is 0 Å². The lowest BCUT2D eigenvalue weighted by atomic mass is 10.2. The maximum absolute atomic E-state index is 4.59. The average molecular weight is 303 g/mol. The van der Waals surface area contributed by atoms with Gasteiger partial charge in [0, 0.05) is 23.3 Å². The number of aromatic nitrogens is 1. The van der Waals surface area contributed by atoms with Crippen LogP contribution in [0, 0.1) is 6.92 Å². The molecule has 16 heavy (non-hydrogen) atoms. The number of pyridine rings is 1. The minimum absolute atomic E-state index is 0.558. The third-order valence-corrected chi connectivity index (χ3v) is 4.30. The Morgan fingerprint density at radius 1 is 1.50 bits per heavy atom. The molecule has 1 atom stereocenters. The van der Waals surface area contributed by atoms with E-state index in [2.05, 4.69) is 58.2 Å². The number of hydrogen-bond donors (Lipinski definition) is 0. The summed E-state index contributed by atoms with van der Waals surface area (Å²) in [6.07, 6.45) is 3.30. The fourth-order valence-electron chi connectivity index (χ4n) is 1.61. The summed E-state index contributed by atoms with van der Waals surface area (Å²) < 4.78 is 1.07. The molecule has 1 heterocycles. The van der Waals surface area contributed by atoms with E-state index >= 15 is 0 Å². The van der Waals surface area contributed by atoms with E-state index in [0.29, 0.717) is 6.04 Å². The van der Waals surface area contributed by atoms with E-state index in [4.69, 9.17) is 0 Å². The summed E-state index contributed by atoms with van der Waals surface area (Å²) in [7, 11) is 2.13. The Balaban J connectivity index is 2.85. The van der Waals surface area contributed by atoms with Gasteiger partial charge in [-0.2, -0.15) is 11.8 Å². The molecule has 0 aromatic carbocycles. The van der Waals surface area contributed by atoms with Crippen molar-refractivity contribution < 1.29 is 0 Å². The van der Waals surface area contributed by atoms with Crippen LogP contribution in [0.2, 0.25) is 0 Å². The highest BCUT2D eigenvalue weighted by Gasteiger charge is 2.14. The van der Waals surface area contributed by atoms with Gasteiger partial charge in [0.2, 0.25) is 0 Å². The van der Waals surface area contributed by atoms with Crippen molar-refractivity contribution in [2.75, 3.05) is 24.0 Å². The largest absolute Gasteiger partial charge is 0.356 e. The fourth-order valence-corrected chi connectivity index (χ4v) is 2.68. The van der Waals surface area contributed by atoms with E-state index in [0.717, 1.165) is 28.2 Å². The Bertz CT molecular complexity index is 344. The van der Waals surface area contributed by atoms with Gasteiger partial charge in [-0.25, -0.2) is 4.98 Å². The van der Waals surface area contributed by atoms with Crippen LogP contribution in [-0.4, -0.2) is 30.1 Å². The minimum Gasteiger partial charge on any atom is -0.356 e. The number of hydrogen-bond acceptors (Lipinski definition) is 3. The first-order valence-corrected chi connectivity index (χ1v) is 7.63. The van der Waals surface area contributed by atoms with Crippen LogP contribution in [0.25, 0.3) is 0 Å². The quantitative estimate of drug-likeness (QED) is 0.824. The molecular weight excluding hydrogens is 284 g/mol. The molecule has 0 aliphatic heterocycles. The number of rotatable bonds is 5. The second kappa shape index (κ2) is 6.50. The highest BCUT2D eigenvalue weighted by Crippen LogP contribution is 2.21. The third-order valence-electron chi connectivity index (χ3n) is 2.75. The standard InChI is InChI=1S/C12H19BrN2S/c1-5-10(8-16-4)15(3)12-7-6-11(13)9(2)14-12/h6-7,10H,5,8H2,1-4H3. The fraction of sp³-hybridized carbons (Fsp3) is 0.583. The molecule has 4 heteroatoms. The lowest BCUT2D eigenvalue weighted by Crippen LogP contribution is -2.33. The van der Waals surface area contributed by atoms with Crippen molar-refractivity contribution in [1.29, 1.82) is 0 Å². The molecule has 0 N–H and O–H groups in total. The summed E-state index contributed by atoms with van der Waals surface area (Å²) in [5, 5.41) is 0. The van der Waals surface area contributed by atoms with Gasteiger partial charge < -0.3 is 4.90 Å². The normalized spacial score (nSPS) is 12.6. The first-order chi connectivity index (χ1) is 7.60. The summed E-state index contributed by atoms with van der Waals surface area (Å²) in [5.74, 6) is 2.20. The Kier molecular flexibility index (Phi) is 5.62. The molecule has 0 fully saturated rings. The van der Waals surface area contributed by atoms with Crippen molar-refractivity contribution in [3.05, 3.63) is 22.3 Å². The predicted octanol–water partition coefficient (Wildman–Crippen LogP) is 3.73. The Morgan fingerprint density at radius 2 is 2.19 bits per heavy atom. The number of aryl methyl sites for hydroxylation is 1. The molecule has 0 amide bonds. The van der Waals surface area contributed by atoms with Crippen LogP contribution >= 0.6 is 27.7 Å². The van der Waals surface area contributed by atoms with Crippen molar-refractivity contribution in [1.82, 2.24) is 4.98 Å². The van der Waals surface area contributed by atoms with Gasteiger partial charge in [0.25, 0.3) is 0 Å². The zero-order valence-corrected chi connectivity index (χ0v) is 12.7. The van der Waals surface area contributed by atoms with Gasteiger partial charge in [-0.1, -0.05) is 6.92 Å². The first-order valence-electron chi connectivity index (χ1n) is 5.45. The zero-order valence-electron chi connectivity index (χ0n) is 10.3. The maximum Gasteiger partial charge on any atom is 0.128 e. The molecule has 0 saturated heterocycles. The van der Waals surface area contributed by atoms with Crippen molar-refractivity contribution in [2.24, 2.45) is 0 Å². The van der Waals surface area contributed by atoms with Crippen molar-refractivity contribution in [3.8, 4) is 0 Å². The van der Waals surface area contributed by atoms with Crippen LogP contribution in [0.3, 0.4) is 0 Å². The van der Waals surface area contributed by atoms with Gasteiger partial charge in [-0.15, -0.1) is 0 Å². The number of nitrogens with zero attached hydrogens (tertiary/aromatic N) is 2. The Labute approximate surface area is 111 Å². The molecule has 0 aliphatic rings. The topological polar surface area (TPSA) is 16.1 Å². The van der Waals surface area contributed by atoms with Crippen molar-refractivity contribution in [3.63, 3.8) is 0 Å². The Hall–Kier alpha value is -0.220. The van der Waals surface area contributed by atoms with E-state index in [9.17, 15) is 0 Å². The molecule has 90 valence electrons. The van der Waals surface area contributed by atoms with Crippen LogP contribution in [0.15, 0.2) is 16.6 Å². The monoisotopic (exact) mass is 302 g/mol. The number of halogens is 1. The second-order valence-corrected chi connectivity index (χ2v) is 5.63. The lowest BCUT2D eigenvalue weighted by molar-refractivity contribution is 0.665. The van der Waals surface area contributed by atoms with Gasteiger partial charge in [0.15, 0.2) is 0 Å². The van der Waals surface area contributed by atoms with Crippen LogP contribution in [0.1, 0.15) is 19.0 Å². The summed E-state index contributed by atoms with van der Waals surface area (Å²) in [6.45, 7) is 4.25. The van der Waals surface area contributed by atoms with Crippen molar-refractivity contribution in [2.45, 2.75) is 26.3 Å². The van der Waals surface area contributed by atoms with E-state index < -0.39 is 0 Å². The molecule has 1 unspecified atom stereocenters. The minimum atomic E-state index is 0.558. The summed E-state index contributed by atoms with van der Waals surface area (Å²) in [4.78, 5) is 6.87.